The Hall–Kier alpha value is -2.53. The van der Waals surface area contributed by atoms with Crippen molar-refractivity contribution in [2.24, 2.45) is 0 Å². The lowest BCUT2D eigenvalue weighted by Gasteiger charge is -2.10. The van der Waals surface area contributed by atoms with E-state index in [9.17, 15) is 9.59 Å². The number of hydrogen-bond acceptors (Lipinski definition) is 3. The predicted octanol–water partition coefficient (Wildman–Crippen LogP) is 3.42. The van der Waals surface area contributed by atoms with Gasteiger partial charge in [-0.05, 0) is 42.8 Å². The summed E-state index contributed by atoms with van der Waals surface area (Å²) in [6.07, 6.45) is 0.170. The van der Waals surface area contributed by atoms with Crippen LogP contribution in [0.1, 0.15) is 22.3 Å². The summed E-state index contributed by atoms with van der Waals surface area (Å²) < 4.78 is 5.14. The molecule has 0 fully saturated rings. The van der Waals surface area contributed by atoms with Crippen LogP contribution in [0.2, 0.25) is 5.02 Å². The minimum absolute atomic E-state index is 0.170. The van der Waals surface area contributed by atoms with Crippen molar-refractivity contribution in [1.29, 1.82) is 0 Å². The number of methoxy groups -OCH3 is 1. The number of nitrogens with one attached hydrogen (secondary N) is 2. The van der Waals surface area contributed by atoms with E-state index < -0.39 is 0 Å². The van der Waals surface area contributed by atoms with Gasteiger partial charge in [0.05, 0.1) is 12.7 Å². The molecule has 0 saturated heterocycles. The van der Waals surface area contributed by atoms with Gasteiger partial charge in [0.25, 0.3) is 5.91 Å². The molecule has 6 heteroatoms. The van der Waals surface area contributed by atoms with Gasteiger partial charge in [0.15, 0.2) is 0 Å². The van der Waals surface area contributed by atoms with E-state index in [1.807, 2.05) is 6.92 Å². The number of benzene rings is 2. The maximum absolute atomic E-state index is 12.1. The number of carbonyl (C=O) groups is 2. The fourth-order valence-corrected chi connectivity index (χ4v) is 2.42. The van der Waals surface area contributed by atoms with Crippen LogP contribution in [0.25, 0.3) is 0 Å². The molecule has 2 N–H and O–H groups in total. The molecule has 2 aromatic rings. The Morgan fingerprint density at radius 2 is 1.92 bits per heavy atom. The third kappa shape index (κ3) is 4.73. The van der Waals surface area contributed by atoms with Crippen molar-refractivity contribution in [1.82, 2.24) is 5.32 Å². The van der Waals surface area contributed by atoms with Gasteiger partial charge >= 0.3 is 0 Å². The molecule has 24 heavy (non-hydrogen) atoms. The van der Waals surface area contributed by atoms with Crippen LogP contribution in [-0.2, 0) is 4.79 Å². The SMILES string of the molecule is COc1ccccc1C(=O)NCCC(=O)Nc1ccc(Cl)cc1C. The largest absolute Gasteiger partial charge is 0.496 e. The number of anilines is 1. The second kappa shape index (κ2) is 8.36. The molecule has 2 amide bonds. The molecule has 0 spiro atoms. The van der Waals surface area contributed by atoms with E-state index in [0.717, 1.165) is 5.56 Å². The fourth-order valence-electron chi connectivity index (χ4n) is 2.20. The van der Waals surface area contributed by atoms with E-state index in [2.05, 4.69) is 10.6 Å². The minimum atomic E-state index is -0.275. The van der Waals surface area contributed by atoms with Gasteiger partial charge in [-0.25, -0.2) is 0 Å². The van der Waals surface area contributed by atoms with Crippen molar-refractivity contribution in [3.05, 3.63) is 58.6 Å². The molecule has 0 aliphatic carbocycles. The lowest BCUT2D eigenvalue weighted by Crippen LogP contribution is -2.28. The second-order valence-electron chi connectivity index (χ2n) is 5.21. The Kier molecular flexibility index (Phi) is 6.21. The molecule has 0 unspecified atom stereocenters. The molecule has 0 bridgehead atoms. The molecule has 0 aliphatic heterocycles. The van der Waals surface area contributed by atoms with Crippen LogP contribution in [0.4, 0.5) is 5.69 Å². The molecule has 2 rings (SSSR count). The normalized spacial score (nSPS) is 10.1. The number of aryl methyl sites for hydroxylation is 1. The molecule has 126 valence electrons. The molecular formula is C18H19ClN2O3. The van der Waals surface area contributed by atoms with Crippen molar-refractivity contribution in [3.63, 3.8) is 0 Å². The molecule has 0 atom stereocenters. The molecule has 0 aliphatic rings. The second-order valence-corrected chi connectivity index (χ2v) is 5.65. The van der Waals surface area contributed by atoms with Gasteiger partial charge in [-0.1, -0.05) is 23.7 Å². The quantitative estimate of drug-likeness (QED) is 0.842. The van der Waals surface area contributed by atoms with Crippen LogP contribution in [0, 0.1) is 6.92 Å². The van der Waals surface area contributed by atoms with Crippen LogP contribution in [0.5, 0.6) is 5.75 Å². The van der Waals surface area contributed by atoms with E-state index in [0.29, 0.717) is 22.0 Å². The Balaban J connectivity index is 1.85. The van der Waals surface area contributed by atoms with E-state index in [1.165, 1.54) is 7.11 Å². The van der Waals surface area contributed by atoms with Crippen molar-refractivity contribution in [2.45, 2.75) is 13.3 Å². The number of halogens is 1. The van der Waals surface area contributed by atoms with Gasteiger partial charge in [0.2, 0.25) is 5.91 Å². The third-order valence-electron chi connectivity index (χ3n) is 3.45. The summed E-state index contributed by atoms with van der Waals surface area (Å²) >= 11 is 5.88. The third-order valence-corrected chi connectivity index (χ3v) is 3.69. The monoisotopic (exact) mass is 346 g/mol. The van der Waals surface area contributed by atoms with Crippen molar-refractivity contribution in [2.75, 3.05) is 19.0 Å². The highest BCUT2D eigenvalue weighted by atomic mass is 35.5. The maximum Gasteiger partial charge on any atom is 0.255 e. The van der Waals surface area contributed by atoms with Crippen LogP contribution in [-0.4, -0.2) is 25.5 Å². The van der Waals surface area contributed by atoms with Crippen LogP contribution < -0.4 is 15.4 Å². The van der Waals surface area contributed by atoms with Crippen LogP contribution in [0.15, 0.2) is 42.5 Å². The highest BCUT2D eigenvalue weighted by Crippen LogP contribution is 2.20. The van der Waals surface area contributed by atoms with Gasteiger partial charge in [-0.15, -0.1) is 0 Å². The highest BCUT2D eigenvalue weighted by Gasteiger charge is 2.11. The summed E-state index contributed by atoms with van der Waals surface area (Å²) in [6, 6.07) is 12.2. The maximum atomic E-state index is 12.1. The molecule has 0 heterocycles. The van der Waals surface area contributed by atoms with E-state index in [1.54, 1.807) is 42.5 Å². The van der Waals surface area contributed by atoms with Gasteiger partial charge in [-0.3, -0.25) is 9.59 Å². The van der Waals surface area contributed by atoms with Crippen molar-refractivity contribution >= 4 is 29.1 Å². The number of ether oxygens (including phenoxy) is 1. The number of hydrogen-bond donors (Lipinski definition) is 2. The Bertz CT molecular complexity index is 747. The van der Waals surface area contributed by atoms with Crippen molar-refractivity contribution < 1.29 is 14.3 Å². The minimum Gasteiger partial charge on any atom is -0.496 e. The number of rotatable bonds is 6. The summed E-state index contributed by atoms with van der Waals surface area (Å²) in [4.78, 5) is 24.1. The topological polar surface area (TPSA) is 67.4 Å². The molecule has 0 radical (unpaired) electrons. The predicted molar refractivity (Wildman–Crippen MR) is 94.8 cm³/mol. The first-order valence-corrected chi connectivity index (χ1v) is 7.86. The van der Waals surface area contributed by atoms with Gasteiger partial charge < -0.3 is 15.4 Å². The zero-order valence-electron chi connectivity index (χ0n) is 13.6. The Morgan fingerprint density at radius 1 is 1.17 bits per heavy atom. The average molecular weight is 347 g/mol. The van der Waals surface area contributed by atoms with Crippen molar-refractivity contribution in [3.8, 4) is 5.75 Å². The molecule has 5 nitrogen and oxygen atoms in total. The summed E-state index contributed by atoms with van der Waals surface area (Å²) in [6.45, 7) is 2.10. The number of amides is 2. The number of carbonyl (C=O) groups excluding carboxylic acids is 2. The van der Waals surface area contributed by atoms with E-state index >= 15 is 0 Å². The average Bonchev–Trinajstić information content (AvgIpc) is 2.57. The highest BCUT2D eigenvalue weighted by molar-refractivity contribution is 6.30. The van der Waals surface area contributed by atoms with Gasteiger partial charge in [0.1, 0.15) is 5.75 Å². The molecular weight excluding hydrogens is 328 g/mol. The van der Waals surface area contributed by atoms with Gasteiger partial charge in [0, 0.05) is 23.7 Å². The standard InChI is InChI=1S/C18H19ClN2O3/c1-12-11-13(19)7-8-15(12)21-17(22)9-10-20-18(23)14-5-3-4-6-16(14)24-2/h3-8,11H,9-10H2,1-2H3,(H,20,23)(H,21,22). The summed E-state index contributed by atoms with van der Waals surface area (Å²) in [5, 5.41) is 6.13. The van der Waals surface area contributed by atoms with Gasteiger partial charge in [-0.2, -0.15) is 0 Å². The first-order chi connectivity index (χ1) is 11.5. The van der Waals surface area contributed by atoms with Crippen LogP contribution in [0.3, 0.4) is 0 Å². The first-order valence-electron chi connectivity index (χ1n) is 7.48. The van der Waals surface area contributed by atoms with Crippen LogP contribution >= 0.6 is 11.6 Å². The van der Waals surface area contributed by atoms with E-state index in [4.69, 9.17) is 16.3 Å². The lowest BCUT2D eigenvalue weighted by molar-refractivity contribution is -0.116. The Labute approximate surface area is 146 Å². The zero-order valence-corrected chi connectivity index (χ0v) is 14.3. The number of para-hydroxylation sites is 1. The summed E-state index contributed by atoms with van der Waals surface area (Å²) in [7, 11) is 1.51. The molecule has 2 aromatic carbocycles. The summed E-state index contributed by atoms with van der Waals surface area (Å²) in [5.74, 6) is 0.0416. The zero-order chi connectivity index (χ0) is 17.5. The summed E-state index contributed by atoms with van der Waals surface area (Å²) in [5.41, 5.74) is 2.03. The smallest absolute Gasteiger partial charge is 0.255 e. The lowest BCUT2D eigenvalue weighted by atomic mass is 10.2. The fraction of sp³-hybridized carbons (Fsp3) is 0.222. The molecule has 0 aromatic heterocycles. The first kappa shape index (κ1) is 17.8. The molecule has 0 saturated carbocycles. The Morgan fingerprint density at radius 3 is 2.62 bits per heavy atom. The van der Waals surface area contributed by atoms with E-state index in [-0.39, 0.29) is 24.8 Å².